The molecule has 0 aliphatic carbocycles. The van der Waals surface area contributed by atoms with Gasteiger partial charge in [-0.3, -0.25) is 9.78 Å². The summed E-state index contributed by atoms with van der Waals surface area (Å²) in [5.41, 5.74) is 1.49. The Labute approximate surface area is 104 Å². The highest BCUT2D eigenvalue weighted by Crippen LogP contribution is 2.12. The van der Waals surface area contributed by atoms with Crippen molar-refractivity contribution in [3.05, 3.63) is 34.3 Å². The Morgan fingerprint density at radius 3 is 2.94 bits per heavy atom. The highest BCUT2D eigenvalue weighted by Gasteiger charge is 2.08. The van der Waals surface area contributed by atoms with Crippen LogP contribution in [0.3, 0.4) is 0 Å². The zero-order chi connectivity index (χ0) is 13.1. The number of hydrogen-bond acceptors (Lipinski definition) is 3. The van der Waals surface area contributed by atoms with Gasteiger partial charge in [-0.25, -0.2) is 4.79 Å². The molecule has 0 bridgehead atoms. The minimum atomic E-state index is -0.512. The summed E-state index contributed by atoms with van der Waals surface area (Å²) in [5.74, 6) is -0.112. The van der Waals surface area contributed by atoms with E-state index in [1.54, 1.807) is 18.2 Å². The maximum atomic E-state index is 11.8. The lowest BCUT2D eigenvalue weighted by Gasteiger charge is -2.06. The lowest BCUT2D eigenvalue weighted by molar-refractivity contribution is 0.0952. The average Bonchev–Trinajstić information content (AvgIpc) is 2.67. The Morgan fingerprint density at radius 1 is 1.44 bits per heavy atom. The highest BCUT2D eigenvalue weighted by molar-refractivity contribution is 5.96. The molecule has 0 radical (unpaired) electrons. The second-order valence-electron chi connectivity index (χ2n) is 4.66. The summed E-state index contributed by atoms with van der Waals surface area (Å²) in [5, 5.41) is 2.83. The lowest BCUT2D eigenvalue weighted by atomic mass is 10.1. The topological polar surface area (TPSA) is 75.1 Å². The van der Waals surface area contributed by atoms with Crippen LogP contribution in [0.5, 0.6) is 0 Å². The van der Waals surface area contributed by atoms with Crippen molar-refractivity contribution in [3.8, 4) is 0 Å². The van der Waals surface area contributed by atoms with Crippen molar-refractivity contribution in [3.63, 3.8) is 0 Å². The van der Waals surface area contributed by atoms with E-state index < -0.39 is 5.76 Å². The van der Waals surface area contributed by atoms with E-state index in [1.165, 1.54) is 0 Å². The van der Waals surface area contributed by atoms with Crippen LogP contribution < -0.4 is 11.1 Å². The predicted molar refractivity (Wildman–Crippen MR) is 68.6 cm³/mol. The second-order valence-corrected chi connectivity index (χ2v) is 4.66. The van der Waals surface area contributed by atoms with Crippen LogP contribution in [-0.2, 0) is 0 Å². The van der Waals surface area contributed by atoms with Crippen molar-refractivity contribution >= 4 is 17.0 Å². The number of oxazole rings is 1. The SMILES string of the molecule is CC(C)CCNC(=O)c1ccc2[nH]c(=O)oc2c1. The van der Waals surface area contributed by atoms with Crippen molar-refractivity contribution in [2.24, 2.45) is 5.92 Å². The van der Waals surface area contributed by atoms with Gasteiger partial charge >= 0.3 is 5.76 Å². The first-order valence-corrected chi connectivity index (χ1v) is 5.97. The van der Waals surface area contributed by atoms with Crippen LogP contribution in [0.2, 0.25) is 0 Å². The Morgan fingerprint density at radius 2 is 2.22 bits per heavy atom. The summed E-state index contributed by atoms with van der Waals surface area (Å²) in [6.07, 6.45) is 0.938. The van der Waals surface area contributed by atoms with Gasteiger partial charge in [0.1, 0.15) is 0 Å². The molecule has 0 atom stereocenters. The molecule has 1 heterocycles. The molecular formula is C13H16N2O3. The first-order valence-electron chi connectivity index (χ1n) is 5.97. The number of nitrogens with one attached hydrogen (secondary N) is 2. The predicted octanol–water partition coefficient (Wildman–Crippen LogP) is 1.90. The number of carbonyl (C=O) groups excluding carboxylic acids is 1. The van der Waals surface area contributed by atoms with E-state index in [1.807, 2.05) is 0 Å². The fraction of sp³-hybridized carbons (Fsp3) is 0.385. The number of aromatic amines is 1. The van der Waals surface area contributed by atoms with E-state index >= 15 is 0 Å². The summed E-state index contributed by atoms with van der Waals surface area (Å²) >= 11 is 0. The smallest absolute Gasteiger partial charge is 0.408 e. The van der Waals surface area contributed by atoms with Crippen molar-refractivity contribution in [1.29, 1.82) is 0 Å². The molecule has 2 N–H and O–H groups in total. The quantitative estimate of drug-likeness (QED) is 0.867. The van der Waals surface area contributed by atoms with Crippen LogP contribution in [0.15, 0.2) is 27.4 Å². The third-order valence-corrected chi connectivity index (χ3v) is 2.69. The summed E-state index contributed by atoms with van der Waals surface area (Å²) in [7, 11) is 0. The number of aromatic nitrogens is 1. The fourth-order valence-electron chi connectivity index (χ4n) is 1.66. The molecule has 0 saturated carbocycles. The zero-order valence-electron chi connectivity index (χ0n) is 10.4. The van der Waals surface area contributed by atoms with E-state index in [0.717, 1.165) is 6.42 Å². The third-order valence-electron chi connectivity index (χ3n) is 2.69. The molecule has 0 aliphatic rings. The van der Waals surface area contributed by atoms with Gasteiger partial charge < -0.3 is 9.73 Å². The molecule has 1 amide bonds. The summed E-state index contributed by atoms with van der Waals surface area (Å²) in [4.78, 5) is 25.4. The lowest BCUT2D eigenvalue weighted by Crippen LogP contribution is -2.25. The van der Waals surface area contributed by atoms with Gasteiger partial charge in [0, 0.05) is 12.1 Å². The zero-order valence-corrected chi connectivity index (χ0v) is 10.4. The van der Waals surface area contributed by atoms with Crippen LogP contribution >= 0.6 is 0 Å². The molecule has 0 spiro atoms. The van der Waals surface area contributed by atoms with E-state index in [2.05, 4.69) is 24.1 Å². The molecule has 0 fully saturated rings. The van der Waals surface area contributed by atoms with Crippen molar-refractivity contribution < 1.29 is 9.21 Å². The van der Waals surface area contributed by atoms with Gasteiger partial charge in [-0.1, -0.05) is 13.8 Å². The van der Waals surface area contributed by atoms with Gasteiger partial charge in [-0.05, 0) is 30.5 Å². The van der Waals surface area contributed by atoms with E-state index in [0.29, 0.717) is 29.1 Å². The van der Waals surface area contributed by atoms with Gasteiger partial charge in [0.15, 0.2) is 5.58 Å². The molecule has 2 rings (SSSR count). The number of rotatable bonds is 4. The van der Waals surface area contributed by atoms with E-state index in [9.17, 15) is 9.59 Å². The number of hydrogen-bond donors (Lipinski definition) is 2. The van der Waals surface area contributed by atoms with Crippen molar-refractivity contribution in [1.82, 2.24) is 10.3 Å². The molecule has 96 valence electrons. The fourth-order valence-corrected chi connectivity index (χ4v) is 1.66. The van der Waals surface area contributed by atoms with Crippen LogP contribution in [0.4, 0.5) is 0 Å². The third kappa shape index (κ3) is 2.80. The number of amides is 1. The first-order chi connectivity index (χ1) is 8.56. The number of benzene rings is 1. The van der Waals surface area contributed by atoms with E-state index in [-0.39, 0.29) is 5.91 Å². The molecule has 0 aliphatic heterocycles. The Kier molecular flexibility index (Phi) is 3.50. The Balaban J connectivity index is 2.10. The number of H-pyrrole nitrogens is 1. The molecular weight excluding hydrogens is 232 g/mol. The maximum Gasteiger partial charge on any atom is 0.417 e. The molecule has 0 saturated heterocycles. The maximum absolute atomic E-state index is 11.8. The van der Waals surface area contributed by atoms with Crippen LogP contribution in [0, 0.1) is 5.92 Å². The van der Waals surface area contributed by atoms with Crippen LogP contribution in [0.25, 0.3) is 11.1 Å². The highest BCUT2D eigenvalue weighted by atomic mass is 16.4. The van der Waals surface area contributed by atoms with Crippen molar-refractivity contribution in [2.45, 2.75) is 20.3 Å². The van der Waals surface area contributed by atoms with E-state index in [4.69, 9.17) is 4.42 Å². The largest absolute Gasteiger partial charge is 0.417 e. The van der Waals surface area contributed by atoms with Gasteiger partial charge in [0.25, 0.3) is 5.91 Å². The number of carbonyl (C=O) groups is 1. The molecule has 18 heavy (non-hydrogen) atoms. The van der Waals surface area contributed by atoms with Crippen LogP contribution in [-0.4, -0.2) is 17.4 Å². The van der Waals surface area contributed by atoms with Gasteiger partial charge in [0.2, 0.25) is 0 Å². The van der Waals surface area contributed by atoms with Crippen molar-refractivity contribution in [2.75, 3.05) is 6.54 Å². The van der Waals surface area contributed by atoms with Crippen LogP contribution in [0.1, 0.15) is 30.6 Å². The van der Waals surface area contributed by atoms with Gasteiger partial charge in [-0.15, -0.1) is 0 Å². The first kappa shape index (κ1) is 12.4. The molecule has 5 heteroatoms. The normalized spacial score (nSPS) is 11.1. The summed E-state index contributed by atoms with van der Waals surface area (Å²) in [6, 6.07) is 4.90. The molecule has 1 aromatic carbocycles. The average molecular weight is 248 g/mol. The summed E-state index contributed by atoms with van der Waals surface area (Å²) < 4.78 is 4.91. The number of fused-ring (bicyclic) bond motifs is 1. The van der Waals surface area contributed by atoms with Gasteiger partial charge in [-0.2, -0.15) is 0 Å². The molecule has 2 aromatic rings. The minimum absolute atomic E-state index is 0.151. The molecule has 0 unspecified atom stereocenters. The summed E-state index contributed by atoms with van der Waals surface area (Å²) in [6.45, 7) is 4.85. The Bertz CT molecular complexity index is 610. The second kappa shape index (κ2) is 5.08. The molecule has 1 aromatic heterocycles. The monoisotopic (exact) mass is 248 g/mol. The molecule has 5 nitrogen and oxygen atoms in total. The van der Waals surface area contributed by atoms with Gasteiger partial charge in [0.05, 0.1) is 5.52 Å². The Hall–Kier alpha value is -2.04. The standard InChI is InChI=1S/C13H16N2O3/c1-8(2)5-6-14-12(16)9-3-4-10-11(7-9)18-13(17)15-10/h3-4,7-8H,5-6H2,1-2H3,(H,14,16)(H,15,17). The minimum Gasteiger partial charge on any atom is -0.408 e.